The third-order valence-corrected chi connectivity index (χ3v) is 8.63. The van der Waals surface area contributed by atoms with E-state index < -0.39 is 29.6 Å². The number of hydrogen-bond acceptors (Lipinski definition) is 5. The minimum absolute atomic E-state index is 0.128. The highest BCUT2D eigenvalue weighted by molar-refractivity contribution is 6.09. The highest BCUT2D eigenvalue weighted by atomic mass is 19.4. The molecule has 3 N–H and O–H groups in total. The van der Waals surface area contributed by atoms with E-state index in [9.17, 15) is 32.3 Å². The van der Waals surface area contributed by atoms with Gasteiger partial charge in [0.1, 0.15) is 11.9 Å². The number of rotatable bonds is 11. The molecule has 4 amide bonds. The molecule has 0 bridgehead atoms. The summed E-state index contributed by atoms with van der Waals surface area (Å²) in [4.78, 5) is 58.2. The van der Waals surface area contributed by atoms with Crippen LogP contribution in [0.15, 0.2) is 109 Å². The average Bonchev–Trinajstić information content (AvgIpc) is 3.56. The molecular weight excluding hydrogens is 659 g/mol. The van der Waals surface area contributed by atoms with Crippen LogP contribution in [0.5, 0.6) is 0 Å². The standard InChI is InChI=1S/C39H34F3N5O4/c40-39(41,42)29-17-13-25(14-18-29)30-10-4-5-11-31(30)37(50)45-33-20-16-27-24-28(15-19-32(27)44-33)36(49)46-35(26-8-2-1-3-9-26)38(51)43-21-7-23-47-22-6-12-34(47)48/h1-5,8-11,13-20,24,35H,6-7,12,21-23H2,(H,43,51)(H,46,49)(H,44,45,50). The maximum atomic E-state index is 13.4. The van der Waals surface area contributed by atoms with Gasteiger partial charge in [-0.05, 0) is 78.1 Å². The van der Waals surface area contributed by atoms with Crippen LogP contribution >= 0.6 is 0 Å². The van der Waals surface area contributed by atoms with Crippen LogP contribution in [0.25, 0.3) is 22.0 Å². The predicted octanol–water partition coefficient (Wildman–Crippen LogP) is 6.77. The number of amides is 4. The molecule has 4 aromatic carbocycles. The van der Waals surface area contributed by atoms with Gasteiger partial charge in [-0.2, -0.15) is 13.2 Å². The van der Waals surface area contributed by atoms with Crippen molar-refractivity contribution < 1.29 is 32.3 Å². The Morgan fingerprint density at radius 3 is 2.31 bits per heavy atom. The Balaban J connectivity index is 1.12. The lowest BCUT2D eigenvalue weighted by molar-refractivity contribution is -0.137. The third-order valence-electron chi connectivity index (χ3n) is 8.63. The number of hydrogen-bond donors (Lipinski definition) is 3. The molecule has 1 fully saturated rings. The number of anilines is 1. The van der Waals surface area contributed by atoms with Crippen molar-refractivity contribution in [2.24, 2.45) is 0 Å². The molecule has 1 atom stereocenters. The van der Waals surface area contributed by atoms with Crippen LogP contribution in [0.1, 0.15) is 57.1 Å². The summed E-state index contributed by atoms with van der Waals surface area (Å²) in [6, 6.07) is 27.3. The van der Waals surface area contributed by atoms with E-state index in [1.165, 1.54) is 12.1 Å². The van der Waals surface area contributed by atoms with Gasteiger partial charge in [0.05, 0.1) is 11.1 Å². The summed E-state index contributed by atoms with van der Waals surface area (Å²) in [5, 5.41) is 9.09. The van der Waals surface area contributed by atoms with Gasteiger partial charge >= 0.3 is 6.18 Å². The molecule has 260 valence electrons. The Morgan fingerprint density at radius 1 is 0.843 bits per heavy atom. The average molecular weight is 694 g/mol. The molecule has 1 aliphatic heterocycles. The van der Waals surface area contributed by atoms with E-state index in [4.69, 9.17) is 0 Å². The van der Waals surface area contributed by atoms with Crippen LogP contribution < -0.4 is 16.0 Å². The maximum Gasteiger partial charge on any atom is 0.416 e. The summed E-state index contributed by atoms with van der Waals surface area (Å²) in [6.45, 7) is 1.65. The van der Waals surface area contributed by atoms with Crippen LogP contribution in [0.4, 0.5) is 19.0 Å². The molecule has 51 heavy (non-hydrogen) atoms. The maximum absolute atomic E-state index is 13.4. The highest BCUT2D eigenvalue weighted by Crippen LogP contribution is 2.32. The largest absolute Gasteiger partial charge is 0.416 e. The number of nitrogens with zero attached hydrogens (tertiary/aromatic N) is 2. The Kier molecular flexibility index (Phi) is 10.4. The molecule has 0 saturated carbocycles. The van der Waals surface area contributed by atoms with E-state index in [0.717, 1.165) is 25.1 Å². The van der Waals surface area contributed by atoms with Crippen LogP contribution in [-0.4, -0.2) is 53.1 Å². The minimum Gasteiger partial charge on any atom is -0.354 e. The van der Waals surface area contributed by atoms with Crippen molar-refractivity contribution in [3.63, 3.8) is 0 Å². The van der Waals surface area contributed by atoms with E-state index in [0.29, 0.717) is 59.1 Å². The van der Waals surface area contributed by atoms with Crippen molar-refractivity contribution in [2.45, 2.75) is 31.5 Å². The number of alkyl halides is 3. The van der Waals surface area contributed by atoms with Crippen molar-refractivity contribution >= 4 is 40.3 Å². The Hall–Kier alpha value is -6.04. The number of pyridine rings is 1. The summed E-state index contributed by atoms with van der Waals surface area (Å²) in [5.41, 5.74) is 1.79. The molecule has 6 rings (SSSR count). The topological polar surface area (TPSA) is 120 Å². The SMILES string of the molecule is O=C(NC(C(=O)NCCCN1CCCC1=O)c1ccccc1)c1ccc2nc(NC(=O)c3ccccc3-c3ccc(C(F)(F)F)cc3)ccc2c1. The minimum atomic E-state index is -4.47. The molecule has 1 aromatic heterocycles. The predicted molar refractivity (Wildman–Crippen MR) is 187 cm³/mol. The third kappa shape index (κ3) is 8.41. The van der Waals surface area contributed by atoms with E-state index in [1.54, 1.807) is 83.8 Å². The lowest BCUT2D eigenvalue weighted by Crippen LogP contribution is -2.41. The monoisotopic (exact) mass is 693 g/mol. The second-order valence-electron chi connectivity index (χ2n) is 12.1. The van der Waals surface area contributed by atoms with Crippen molar-refractivity contribution in [1.29, 1.82) is 0 Å². The molecule has 2 heterocycles. The number of benzene rings is 4. The number of aromatic nitrogens is 1. The zero-order valence-corrected chi connectivity index (χ0v) is 27.4. The molecular formula is C39H34F3N5O4. The highest BCUT2D eigenvalue weighted by Gasteiger charge is 2.30. The van der Waals surface area contributed by atoms with E-state index in [1.807, 2.05) is 6.07 Å². The fourth-order valence-corrected chi connectivity index (χ4v) is 5.98. The van der Waals surface area contributed by atoms with Gasteiger partial charge in [0.25, 0.3) is 11.8 Å². The number of carbonyl (C=O) groups is 4. The van der Waals surface area contributed by atoms with Gasteiger partial charge in [0, 0.05) is 42.6 Å². The Morgan fingerprint density at radius 2 is 1.59 bits per heavy atom. The molecule has 0 radical (unpaired) electrons. The summed E-state index contributed by atoms with van der Waals surface area (Å²) < 4.78 is 39.2. The lowest BCUT2D eigenvalue weighted by atomic mass is 9.98. The quantitative estimate of drug-likeness (QED) is 0.132. The zero-order chi connectivity index (χ0) is 36.0. The second kappa shape index (κ2) is 15.2. The molecule has 1 aliphatic rings. The molecule has 9 nitrogen and oxygen atoms in total. The van der Waals surface area contributed by atoms with Crippen LogP contribution in [0, 0.1) is 0 Å². The summed E-state index contributed by atoms with van der Waals surface area (Å²) in [6.07, 6.45) is -2.47. The molecule has 0 aliphatic carbocycles. The first-order chi connectivity index (χ1) is 24.6. The van der Waals surface area contributed by atoms with Gasteiger partial charge in [0.2, 0.25) is 11.8 Å². The van der Waals surface area contributed by atoms with Gasteiger partial charge < -0.3 is 20.9 Å². The molecule has 5 aromatic rings. The second-order valence-corrected chi connectivity index (χ2v) is 12.1. The van der Waals surface area contributed by atoms with Gasteiger partial charge in [-0.1, -0.05) is 60.7 Å². The van der Waals surface area contributed by atoms with Crippen molar-refractivity contribution in [3.05, 3.63) is 131 Å². The first kappa shape index (κ1) is 34.8. The van der Waals surface area contributed by atoms with Gasteiger partial charge in [-0.15, -0.1) is 0 Å². The number of halogens is 3. The van der Waals surface area contributed by atoms with E-state index in [-0.39, 0.29) is 23.2 Å². The van der Waals surface area contributed by atoms with Crippen molar-refractivity contribution in [2.75, 3.05) is 25.0 Å². The van der Waals surface area contributed by atoms with E-state index in [2.05, 4.69) is 20.9 Å². The number of fused-ring (bicyclic) bond motifs is 1. The molecule has 0 spiro atoms. The fourth-order valence-electron chi connectivity index (χ4n) is 5.98. The van der Waals surface area contributed by atoms with Crippen LogP contribution in [0.2, 0.25) is 0 Å². The number of likely N-dealkylation sites (tertiary alicyclic amines) is 1. The normalized spacial score (nSPS) is 13.5. The Bertz CT molecular complexity index is 2070. The molecule has 1 saturated heterocycles. The van der Waals surface area contributed by atoms with Crippen LogP contribution in [0.3, 0.4) is 0 Å². The summed E-state index contributed by atoms with van der Waals surface area (Å²) in [7, 11) is 0. The lowest BCUT2D eigenvalue weighted by Gasteiger charge is -2.20. The fraction of sp³-hybridized carbons (Fsp3) is 0.205. The smallest absolute Gasteiger partial charge is 0.354 e. The van der Waals surface area contributed by atoms with E-state index >= 15 is 0 Å². The molecule has 12 heteroatoms. The first-order valence-corrected chi connectivity index (χ1v) is 16.5. The van der Waals surface area contributed by atoms with Crippen molar-refractivity contribution in [3.8, 4) is 11.1 Å². The first-order valence-electron chi connectivity index (χ1n) is 16.5. The Labute approximate surface area is 291 Å². The van der Waals surface area contributed by atoms with Gasteiger partial charge in [0.15, 0.2) is 0 Å². The summed E-state index contributed by atoms with van der Waals surface area (Å²) >= 11 is 0. The summed E-state index contributed by atoms with van der Waals surface area (Å²) in [5.74, 6) is -0.973. The number of carbonyl (C=O) groups excluding carboxylic acids is 4. The van der Waals surface area contributed by atoms with Crippen molar-refractivity contribution in [1.82, 2.24) is 20.5 Å². The van der Waals surface area contributed by atoms with Gasteiger partial charge in [-0.25, -0.2) is 4.98 Å². The number of nitrogens with one attached hydrogen (secondary N) is 3. The van der Waals surface area contributed by atoms with Crippen LogP contribution in [-0.2, 0) is 15.8 Å². The van der Waals surface area contributed by atoms with Gasteiger partial charge in [-0.3, -0.25) is 19.2 Å². The molecule has 1 unspecified atom stereocenters. The zero-order valence-electron chi connectivity index (χ0n) is 27.4.